The molecule has 0 aliphatic rings. The molecule has 2 aromatic carbocycles. The van der Waals surface area contributed by atoms with Crippen LogP contribution in [0.3, 0.4) is 0 Å². The van der Waals surface area contributed by atoms with Crippen LogP contribution in [0.2, 0.25) is 5.02 Å². The van der Waals surface area contributed by atoms with E-state index >= 15 is 0 Å². The van der Waals surface area contributed by atoms with Crippen molar-refractivity contribution in [2.75, 3.05) is 19.5 Å². The zero-order chi connectivity index (χ0) is 15.2. The van der Waals surface area contributed by atoms with Crippen molar-refractivity contribution in [1.82, 2.24) is 0 Å². The topological polar surface area (TPSA) is 54.3 Å². The van der Waals surface area contributed by atoms with Crippen LogP contribution in [0.15, 0.2) is 36.4 Å². The molecule has 0 atom stereocenters. The van der Waals surface area contributed by atoms with E-state index in [0.29, 0.717) is 34.3 Å². The Kier molecular flexibility index (Phi) is 4.91. The Morgan fingerprint density at radius 3 is 2.52 bits per heavy atom. The molecule has 0 amide bonds. The predicted octanol–water partition coefficient (Wildman–Crippen LogP) is 3.84. The van der Waals surface area contributed by atoms with Crippen LogP contribution in [0.5, 0.6) is 11.5 Å². The van der Waals surface area contributed by atoms with E-state index in [2.05, 4.69) is 11.4 Å². The maximum Gasteiger partial charge on any atom is 0.161 e. The van der Waals surface area contributed by atoms with Crippen LogP contribution < -0.4 is 14.8 Å². The van der Waals surface area contributed by atoms with Crippen LogP contribution in [0.4, 0.5) is 5.69 Å². The minimum atomic E-state index is 0.551. The lowest BCUT2D eigenvalue weighted by atomic mass is 10.1. The summed E-state index contributed by atoms with van der Waals surface area (Å²) in [6.07, 6.45) is 0. The van der Waals surface area contributed by atoms with Crippen molar-refractivity contribution in [1.29, 1.82) is 5.26 Å². The smallest absolute Gasteiger partial charge is 0.161 e. The normalized spacial score (nSPS) is 9.81. The lowest BCUT2D eigenvalue weighted by molar-refractivity contribution is 0.354. The Bertz CT molecular complexity index is 680. The first kappa shape index (κ1) is 15.0. The van der Waals surface area contributed by atoms with Crippen molar-refractivity contribution in [3.8, 4) is 17.6 Å². The Balaban J connectivity index is 2.17. The first-order valence-corrected chi connectivity index (χ1v) is 6.70. The average molecular weight is 303 g/mol. The minimum absolute atomic E-state index is 0.551. The van der Waals surface area contributed by atoms with E-state index in [4.69, 9.17) is 26.3 Å². The van der Waals surface area contributed by atoms with Crippen LogP contribution in [0.1, 0.15) is 11.1 Å². The second kappa shape index (κ2) is 6.87. The molecular weight excluding hydrogens is 288 g/mol. The van der Waals surface area contributed by atoms with Crippen molar-refractivity contribution in [3.63, 3.8) is 0 Å². The van der Waals surface area contributed by atoms with E-state index in [1.807, 2.05) is 18.2 Å². The number of nitrogens with zero attached hydrogens (tertiary/aromatic N) is 1. The Morgan fingerprint density at radius 1 is 1.10 bits per heavy atom. The van der Waals surface area contributed by atoms with E-state index in [9.17, 15) is 0 Å². The number of hydrogen-bond donors (Lipinski definition) is 1. The van der Waals surface area contributed by atoms with Crippen LogP contribution in [0.25, 0.3) is 0 Å². The lowest BCUT2D eigenvalue weighted by Gasteiger charge is -2.12. The maximum atomic E-state index is 9.09. The summed E-state index contributed by atoms with van der Waals surface area (Å²) in [6.45, 7) is 0.551. The van der Waals surface area contributed by atoms with Gasteiger partial charge in [0.25, 0.3) is 0 Å². The third-order valence-electron chi connectivity index (χ3n) is 3.03. The number of rotatable bonds is 5. The SMILES string of the molecule is COc1ccc(CNc2cc(Cl)ccc2C#N)cc1OC. The molecule has 0 saturated heterocycles. The van der Waals surface area contributed by atoms with Gasteiger partial charge in [0, 0.05) is 11.6 Å². The Hall–Kier alpha value is -2.38. The van der Waals surface area contributed by atoms with Gasteiger partial charge in [-0.15, -0.1) is 0 Å². The molecule has 0 heterocycles. The summed E-state index contributed by atoms with van der Waals surface area (Å²) in [7, 11) is 3.20. The zero-order valence-corrected chi connectivity index (χ0v) is 12.6. The molecule has 108 valence electrons. The fourth-order valence-corrected chi connectivity index (χ4v) is 2.12. The molecule has 0 aliphatic carbocycles. The number of halogens is 1. The molecule has 5 heteroatoms. The summed E-state index contributed by atoms with van der Waals surface area (Å²) in [4.78, 5) is 0. The Morgan fingerprint density at radius 2 is 1.86 bits per heavy atom. The summed E-state index contributed by atoms with van der Waals surface area (Å²) in [5.41, 5.74) is 2.27. The quantitative estimate of drug-likeness (QED) is 0.911. The van der Waals surface area contributed by atoms with Crippen LogP contribution in [-0.4, -0.2) is 14.2 Å². The van der Waals surface area contributed by atoms with Crippen molar-refractivity contribution in [2.24, 2.45) is 0 Å². The summed E-state index contributed by atoms with van der Waals surface area (Å²) >= 11 is 5.96. The molecule has 21 heavy (non-hydrogen) atoms. The number of methoxy groups -OCH3 is 2. The second-order valence-electron chi connectivity index (χ2n) is 4.34. The number of anilines is 1. The van der Waals surface area contributed by atoms with E-state index in [1.54, 1.807) is 32.4 Å². The van der Waals surface area contributed by atoms with Gasteiger partial charge in [0.2, 0.25) is 0 Å². The molecule has 4 nitrogen and oxygen atoms in total. The highest BCUT2D eigenvalue weighted by molar-refractivity contribution is 6.30. The molecule has 0 fully saturated rings. The van der Waals surface area contributed by atoms with Gasteiger partial charge in [-0.2, -0.15) is 5.26 Å². The van der Waals surface area contributed by atoms with Gasteiger partial charge in [-0.1, -0.05) is 17.7 Å². The highest BCUT2D eigenvalue weighted by Gasteiger charge is 2.06. The first-order valence-electron chi connectivity index (χ1n) is 6.32. The van der Waals surface area contributed by atoms with Gasteiger partial charge < -0.3 is 14.8 Å². The average Bonchev–Trinajstić information content (AvgIpc) is 2.52. The molecule has 2 aromatic rings. The molecule has 0 saturated carbocycles. The van der Waals surface area contributed by atoms with Gasteiger partial charge in [0.1, 0.15) is 6.07 Å². The van der Waals surface area contributed by atoms with Crippen LogP contribution in [0, 0.1) is 11.3 Å². The molecule has 0 aliphatic heterocycles. The van der Waals surface area contributed by atoms with Gasteiger partial charge in [0.15, 0.2) is 11.5 Å². The number of hydrogen-bond acceptors (Lipinski definition) is 4. The minimum Gasteiger partial charge on any atom is -0.493 e. The summed E-state index contributed by atoms with van der Waals surface area (Å²) in [5, 5.41) is 12.9. The lowest BCUT2D eigenvalue weighted by Crippen LogP contribution is -2.02. The van der Waals surface area contributed by atoms with Crippen LogP contribution >= 0.6 is 11.6 Å². The van der Waals surface area contributed by atoms with Gasteiger partial charge in [-0.3, -0.25) is 0 Å². The number of nitrogens with one attached hydrogen (secondary N) is 1. The predicted molar refractivity (Wildman–Crippen MR) is 83.0 cm³/mol. The number of benzene rings is 2. The summed E-state index contributed by atoms with van der Waals surface area (Å²) in [6, 6.07) is 12.9. The van der Waals surface area contributed by atoms with Gasteiger partial charge in [-0.25, -0.2) is 0 Å². The van der Waals surface area contributed by atoms with E-state index in [1.165, 1.54) is 0 Å². The van der Waals surface area contributed by atoms with E-state index < -0.39 is 0 Å². The fourth-order valence-electron chi connectivity index (χ4n) is 1.95. The number of ether oxygens (including phenoxy) is 2. The molecule has 2 rings (SSSR count). The third-order valence-corrected chi connectivity index (χ3v) is 3.27. The van der Waals surface area contributed by atoms with Gasteiger partial charge in [0.05, 0.1) is 25.5 Å². The van der Waals surface area contributed by atoms with Crippen molar-refractivity contribution < 1.29 is 9.47 Å². The highest BCUT2D eigenvalue weighted by atomic mass is 35.5. The zero-order valence-electron chi connectivity index (χ0n) is 11.8. The van der Waals surface area contributed by atoms with E-state index in [-0.39, 0.29) is 0 Å². The molecule has 0 spiro atoms. The maximum absolute atomic E-state index is 9.09. The summed E-state index contributed by atoms with van der Waals surface area (Å²) < 4.78 is 10.5. The molecular formula is C16H15ClN2O2. The van der Waals surface area contributed by atoms with Crippen LogP contribution in [-0.2, 0) is 6.54 Å². The standard InChI is InChI=1S/C16H15ClN2O2/c1-20-15-6-3-11(7-16(15)21-2)10-19-14-8-13(17)5-4-12(14)9-18/h3-8,19H,10H2,1-2H3. The molecule has 0 unspecified atom stereocenters. The van der Waals surface area contributed by atoms with Crippen molar-refractivity contribution >= 4 is 17.3 Å². The fraction of sp³-hybridized carbons (Fsp3) is 0.188. The third kappa shape index (κ3) is 3.59. The largest absolute Gasteiger partial charge is 0.493 e. The molecule has 0 aromatic heterocycles. The molecule has 1 N–H and O–H groups in total. The van der Waals surface area contributed by atoms with E-state index in [0.717, 1.165) is 5.56 Å². The first-order chi connectivity index (χ1) is 10.2. The van der Waals surface area contributed by atoms with Crippen molar-refractivity contribution in [3.05, 3.63) is 52.5 Å². The highest BCUT2D eigenvalue weighted by Crippen LogP contribution is 2.28. The second-order valence-corrected chi connectivity index (χ2v) is 4.78. The van der Waals surface area contributed by atoms with Gasteiger partial charge in [-0.05, 0) is 35.9 Å². The monoisotopic (exact) mass is 302 g/mol. The summed E-state index contributed by atoms with van der Waals surface area (Å²) in [5.74, 6) is 1.35. The number of nitriles is 1. The van der Waals surface area contributed by atoms with Crippen molar-refractivity contribution in [2.45, 2.75) is 6.54 Å². The molecule has 0 radical (unpaired) electrons. The Labute approximate surface area is 128 Å². The molecule has 0 bridgehead atoms. The van der Waals surface area contributed by atoms with Gasteiger partial charge >= 0.3 is 0 Å².